The predicted molar refractivity (Wildman–Crippen MR) is 99.3 cm³/mol. The molecule has 6 heteroatoms. The van der Waals surface area contributed by atoms with E-state index < -0.39 is 0 Å². The minimum Gasteiger partial charge on any atom is -0.493 e. The molecule has 2 heterocycles. The number of fused-ring (bicyclic) bond motifs is 1. The quantitative estimate of drug-likeness (QED) is 0.794. The Morgan fingerprint density at radius 2 is 2.28 bits per heavy atom. The molecule has 1 unspecified atom stereocenters. The first-order valence-corrected chi connectivity index (χ1v) is 8.59. The number of benzene rings is 1. The molecular weight excluding hydrogens is 338 g/mol. The van der Waals surface area contributed by atoms with Crippen molar-refractivity contribution < 1.29 is 9.53 Å². The van der Waals surface area contributed by atoms with E-state index in [0.717, 1.165) is 24.2 Å². The summed E-state index contributed by atoms with van der Waals surface area (Å²) in [4.78, 5) is 16.3. The summed E-state index contributed by atoms with van der Waals surface area (Å²) in [5.41, 5.74) is 1.58. The van der Waals surface area contributed by atoms with Crippen molar-refractivity contribution in [3.8, 4) is 5.75 Å². The Hall–Kier alpha value is -2.53. The highest BCUT2D eigenvalue weighted by atomic mass is 35.5. The molecule has 0 aliphatic carbocycles. The standard InChI is InChI=1S/C19H20ClN3O2/c1-2-9-21-19(24)13-5-8-18(22-12-13)23-16-4-3-10-25-17-11-14(20)6-7-15(16)17/h2,5-8,11-12,16H,1,3-4,9-10H2,(H,21,24)(H,22,23). The second kappa shape index (κ2) is 8.03. The molecule has 0 saturated carbocycles. The van der Waals surface area contributed by atoms with Crippen LogP contribution in [0.15, 0.2) is 49.2 Å². The molecule has 1 aromatic heterocycles. The molecule has 0 bridgehead atoms. The van der Waals surface area contributed by atoms with Crippen LogP contribution < -0.4 is 15.4 Å². The van der Waals surface area contributed by atoms with Crippen molar-refractivity contribution in [3.63, 3.8) is 0 Å². The van der Waals surface area contributed by atoms with Gasteiger partial charge in [0.05, 0.1) is 18.2 Å². The Labute approximate surface area is 152 Å². The van der Waals surface area contributed by atoms with Gasteiger partial charge in [0.15, 0.2) is 0 Å². The van der Waals surface area contributed by atoms with Crippen LogP contribution in [0.4, 0.5) is 5.82 Å². The van der Waals surface area contributed by atoms with Crippen molar-refractivity contribution in [3.05, 3.63) is 65.3 Å². The number of nitrogens with one attached hydrogen (secondary N) is 2. The van der Waals surface area contributed by atoms with Gasteiger partial charge in [-0.3, -0.25) is 4.79 Å². The second-order valence-electron chi connectivity index (χ2n) is 5.80. The summed E-state index contributed by atoms with van der Waals surface area (Å²) in [6.45, 7) is 4.68. The van der Waals surface area contributed by atoms with Gasteiger partial charge in [-0.05, 0) is 37.1 Å². The molecule has 1 aliphatic heterocycles. The van der Waals surface area contributed by atoms with Gasteiger partial charge in [0.25, 0.3) is 5.91 Å². The van der Waals surface area contributed by atoms with Crippen molar-refractivity contribution >= 4 is 23.3 Å². The van der Waals surface area contributed by atoms with E-state index in [4.69, 9.17) is 16.3 Å². The maximum absolute atomic E-state index is 11.9. The van der Waals surface area contributed by atoms with Gasteiger partial charge in [-0.1, -0.05) is 23.7 Å². The van der Waals surface area contributed by atoms with Gasteiger partial charge in [0, 0.05) is 23.3 Å². The van der Waals surface area contributed by atoms with Crippen LogP contribution in [0.5, 0.6) is 5.75 Å². The largest absolute Gasteiger partial charge is 0.493 e. The number of anilines is 1. The van der Waals surface area contributed by atoms with Crippen LogP contribution in [0.1, 0.15) is 34.8 Å². The van der Waals surface area contributed by atoms with Crippen molar-refractivity contribution in [1.82, 2.24) is 10.3 Å². The van der Waals surface area contributed by atoms with E-state index in [1.54, 1.807) is 18.3 Å². The molecule has 2 aromatic rings. The van der Waals surface area contributed by atoms with Gasteiger partial charge in [-0.15, -0.1) is 6.58 Å². The fraction of sp³-hybridized carbons (Fsp3) is 0.263. The number of ether oxygens (including phenoxy) is 1. The third kappa shape index (κ3) is 4.31. The number of pyridine rings is 1. The average Bonchev–Trinajstić information content (AvgIpc) is 2.82. The molecule has 130 valence electrons. The summed E-state index contributed by atoms with van der Waals surface area (Å²) >= 11 is 6.06. The number of hydrogen-bond donors (Lipinski definition) is 2. The van der Waals surface area contributed by atoms with Crippen LogP contribution >= 0.6 is 11.6 Å². The first-order valence-electron chi connectivity index (χ1n) is 8.21. The van der Waals surface area contributed by atoms with Crippen molar-refractivity contribution in [2.45, 2.75) is 18.9 Å². The smallest absolute Gasteiger partial charge is 0.253 e. The molecular formula is C19H20ClN3O2. The lowest BCUT2D eigenvalue weighted by Crippen LogP contribution is -2.23. The topological polar surface area (TPSA) is 63.2 Å². The highest BCUT2D eigenvalue weighted by molar-refractivity contribution is 6.30. The van der Waals surface area contributed by atoms with E-state index in [9.17, 15) is 4.79 Å². The molecule has 1 aromatic carbocycles. The molecule has 1 aliphatic rings. The van der Waals surface area contributed by atoms with E-state index in [-0.39, 0.29) is 11.9 Å². The van der Waals surface area contributed by atoms with E-state index >= 15 is 0 Å². The molecule has 5 nitrogen and oxygen atoms in total. The van der Waals surface area contributed by atoms with Gasteiger partial charge in [0.2, 0.25) is 0 Å². The number of carbonyl (C=O) groups is 1. The van der Waals surface area contributed by atoms with E-state index in [1.165, 1.54) is 0 Å². The zero-order chi connectivity index (χ0) is 17.6. The van der Waals surface area contributed by atoms with Gasteiger partial charge < -0.3 is 15.4 Å². The maximum atomic E-state index is 11.9. The van der Waals surface area contributed by atoms with Crippen LogP contribution in [0.3, 0.4) is 0 Å². The summed E-state index contributed by atoms with van der Waals surface area (Å²) in [7, 11) is 0. The normalized spacial score (nSPS) is 16.1. The number of hydrogen-bond acceptors (Lipinski definition) is 4. The third-order valence-electron chi connectivity index (χ3n) is 4.00. The number of rotatable bonds is 5. The Bertz CT molecular complexity index is 762. The van der Waals surface area contributed by atoms with Crippen LogP contribution in [-0.4, -0.2) is 24.0 Å². The molecule has 1 atom stereocenters. The third-order valence-corrected chi connectivity index (χ3v) is 4.24. The van der Waals surface area contributed by atoms with Crippen LogP contribution in [-0.2, 0) is 0 Å². The summed E-state index contributed by atoms with van der Waals surface area (Å²) in [5, 5.41) is 6.81. The Balaban J connectivity index is 1.74. The van der Waals surface area contributed by atoms with Crippen molar-refractivity contribution in [1.29, 1.82) is 0 Å². The van der Waals surface area contributed by atoms with Gasteiger partial charge in [-0.2, -0.15) is 0 Å². The van der Waals surface area contributed by atoms with Crippen molar-refractivity contribution in [2.75, 3.05) is 18.5 Å². The van der Waals surface area contributed by atoms with E-state index in [1.807, 2.05) is 24.3 Å². The van der Waals surface area contributed by atoms with E-state index in [0.29, 0.717) is 29.6 Å². The van der Waals surface area contributed by atoms with Crippen molar-refractivity contribution in [2.24, 2.45) is 0 Å². The first kappa shape index (κ1) is 17.3. The lowest BCUT2D eigenvalue weighted by molar-refractivity contribution is 0.0957. The molecule has 1 amide bonds. The Morgan fingerprint density at radius 1 is 1.40 bits per heavy atom. The Kier molecular flexibility index (Phi) is 5.56. The van der Waals surface area contributed by atoms with E-state index in [2.05, 4.69) is 22.2 Å². The van der Waals surface area contributed by atoms with Crippen LogP contribution in [0.25, 0.3) is 0 Å². The molecule has 3 rings (SSSR count). The summed E-state index contributed by atoms with van der Waals surface area (Å²) < 4.78 is 5.78. The second-order valence-corrected chi connectivity index (χ2v) is 6.24. The molecule has 2 N–H and O–H groups in total. The minimum absolute atomic E-state index is 0.0858. The van der Waals surface area contributed by atoms with Gasteiger partial charge >= 0.3 is 0 Å². The number of nitrogens with zero attached hydrogens (tertiary/aromatic N) is 1. The zero-order valence-electron chi connectivity index (χ0n) is 13.8. The number of aromatic nitrogens is 1. The fourth-order valence-electron chi connectivity index (χ4n) is 2.76. The molecule has 0 saturated heterocycles. The monoisotopic (exact) mass is 357 g/mol. The lowest BCUT2D eigenvalue weighted by atomic mass is 10.0. The highest BCUT2D eigenvalue weighted by Crippen LogP contribution is 2.35. The summed E-state index contributed by atoms with van der Waals surface area (Å²) in [5.74, 6) is 1.36. The maximum Gasteiger partial charge on any atom is 0.253 e. The summed E-state index contributed by atoms with van der Waals surface area (Å²) in [6, 6.07) is 9.34. The van der Waals surface area contributed by atoms with Crippen LogP contribution in [0.2, 0.25) is 5.02 Å². The molecule has 0 fully saturated rings. The van der Waals surface area contributed by atoms with Crippen LogP contribution in [0, 0.1) is 0 Å². The number of halogens is 1. The number of carbonyl (C=O) groups excluding carboxylic acids is 1. The Morgan fingerprint density at radius 3 is 3.04 bits per heavy atom. The highest BCUT2D eigenvalue weighted by Gasteiger charge is 2.20. The number of amides is 1. The predicted octanol–water partition coefficient (Wildman–Crippen LogP) is 3.98. The lowest BCUT2D eigenvalue weighted by Gasteiger charge is -2.19. The molecule has 25 heavy (non-hydrogen) atoms. The summed E-state index contributed by atoms with van der Waals surface area (Å²) in [6.07, 6.45) is 5.07. The zero-order valence-corrected chi connectivity index (χ0v) is 14.6. The first-order chi connectivity index (χ1) is 12.2. The molecule has 0 radical (unpaired) electrons. The average molecular weight is 358 g/mol. The van der Waals surface area contributed by atoms with Gasteiger partial charge in [0.1, 0.15) is 11.6 Å². The molecule has 0 spiro atoms. The fourth-order valence-corrected chi connectivity index (χ4v) is 2.92. The minimum atomic E-state index is -0.165. The van der Waals surface area contributed by atoms with Gasteiger partial charge in [-0.25, -0.2) is 4.98 Å². The SMILES string of the molecule is C=CCNC(=O)c1ccc(NC2CCCOc3cc(Cl)ccc32)nc1.